The van der Waals surface area contributed by atoms with Crippen LogP contribution in [0.5, 0.6) is 0 Å². The molecule has 0 N–H and O–H groups in total. The maximum Gasteiger partial charge on any atom is 0.135 e. The van der Waals surface area contributed by atoms with Crippen LogP contribution in [0, 0.1) is 17.2 Å². The van der Waals surface area contributed by atoms with Gasteiger partial charge in [0.25, 0.3) is 0 Å². The monoisotopic (exact) mass is 241 g/mol. The maximum atomic E-state index is 11.5. The van der Waals surface area contributed by atoms with E-state index in [-0.39, 0.29) is 5.92 Å². The van der Waals surface area contributed by atoms with Crippen molar-refractivity contribution in [3.8, 4) is 6.07 Å². The van der Waals surface area contributed by atoms with E-state index < -0.39 is 0 Å². The van der Waals surface area contributed by atoms with Crippen LogP contribution in [0.15, 0.2) is 30.3 Å². The zero-order chi connectivity index (χ0) is 13.5. The first-order valence-electron chi connectivity index (χ1n) is 6.23. The minimum absolute atomic E-state index is 0.116. The van der Waals surface area contributed by atoms with Gasteiger partial charge in [-0.2, -0.15) is 5.26 Å². The number of Topliss-reactive ketones (excluding diaryl/α,β-unsaturated/α-hetero) is 1. The van der Waals surface area contributed by atoms with Crippen LogP contribution >= 0.6 is 0 Å². The number of rotatable bonds is 5. The highest BCUT2D eigenvalue weighted by molar-refractivity contribution is 5.80. The summed E-state index contributed by atoms with van der Waals surface area (Å²) in [4.78, 5) is 11.5. The molecular formula is C16H19NO. The molecule has 0 aromatic heterocycles. The van der Waals surface area contributed by atoms with E-state index in [9.17, 15) is 4.79 Å². The Bertz CT molecular complexity index is 475. The minimum Gasteiger partial charge on any atom is -0.299 e. The number of ketones is 1. The van der Waals surface area contributed by atoms with Crippen LogP contribution in [0.3, 0.4) is 0 Å². The highest BCUT2D eigenvalue weighted by Gasteiger charge is 2.07. The Hall–Kier alpha value is -1.88. The van der Waals surface area contributed by atoms with Crippen LogP contribution in [-0.2, 0) is 11.2 Å². The number of hydrogen-bond acceptors (Lipinski definition) is 2. The lowest BCUT2D eigenvalue weighted by Gasteiger charge is -2.05. The molecule has 94 valence electrons. The Balaban J connectivity index is 2.64. The molecular weight excluding hydrogens is 222 g/mol. The predicted octanol–water partition coefficient (Wildman–Crippen LogP) is 3.77. The van der Waals surface area contributed by atoms with Gasteiger partial charge in [0, 0.05) is 18.4 Å². The molecule has 1 aromatic rings. The number of benzene rings is 1. The van der Waals surface area contributed by atoms with E-state index in [1.807, 2.05) is 51.1 Å². The minimum atomic E-state index is 0.116. The molecule has 1 rings (SSSR count). The van der Waals surface area contributed by atoms with Gasteiger partial charge in [0.05, 0.1) is 6.07 Å². The zero-order valence-corrected chi connectivity index (χ0v) is 11.2. The quantitative estimate of drug-likeness (QED) is 0.736. The van der Waals surface area contributed by atoms with Crippen molar-refractivity contribution in [2.24, 2.45) is 5.92 Å². The first-order valence-corrected chi connectivity index (χ1v) is 6.23. The molecule has 0 aliphatic rings. The molecule has 0 atom stereocenters. The van der Waals surface area contributed by atoms with Gasteiger partial charge in [-0.15, -0.1) is 0 Å². The van der Waals surface area contributed by atoms with Gasteiger partial charge in [-0.1, -0.05) is 38.1 Å². The SMILES string of the molecule is C/C(=C\C#N)c1ccc(CCC(=O)C(C)C)cc1. The molecule has 0 aliphatic heterocycles. The van der Waals surface area contributed by atoms with Crippen molar-refractivity contribution < 1.29 is 4.79 Å². The van der Waals surface area contributed by atoms with Gasteiger partial charge in [0.1, 0.15) is 5.78 Å². The fourth-order valence-electron chi connectivity index (χ4n) is 1.67. The second kappa shape index (κ2) is 6.76. The van der Waals surface area contributed by atoms with Crippen molar-refractivity contribution >= 4 is 11.4 Å². The number of nitriles is 1. The zero-order valence-electron chi connectivity index (χ0n) is 11.2. The lowest BCUT2D eigenvalue weighted by atomic mass is 9.99. The number of aryl methyl sites for hydroxylation is 1. The van der Waals surface area contributed by atoms with Crippen LogP contribution in [0.25, 0.3) is 5.57 Å². The van der Waals surface area contributed by atoms with Gasteiger partial charge in [-0.25, -0.2) is 0 Å². The van der Waals surface area contributed by atoms with Gasteiger partial charge < -0.3 is 0 Å². The summed E-state index contributed by atoms with van der Waals surface area (Å²) in [5.74, 6) is 0.421. The Morgan fingerprint density at radius 2 is 1.94 bits per heavy atom. The number of carbonyl (C=O) groups is 1. The summed E-state index contributed by atoms with van der Waals surface area (Å²) in [5, 5.41) is 8.59. The Labute approximate surface area is 109 Å². The van der Waals surface area contributed by atoms with Crippen LogP contribution < -0.4 is 0 Å². The molecule has 0 unspecified atom stereocenters. The lowest BCUT2D eigenvalue weighted by Crippen LogP contribution is -2.07. The summed E-state index contributed by atoms with van der Waals surface area (Å²) in [7, 11) is 0. The second-order valence-corrected chi connectivity index (χ2v) is 4.77. The third-order valence-corrected chi connectivity index (χ3v) is 2.99. The van der Waals surface area contributed by atoms with Crippen LogP contribution in [-0.4, -0.2) is 5.78 Å². The van der Waals surface area contributed by atoms with E-state index in [2.05, 4.69) is 0 Å². The van der Waals surface area contributed by atoms with Crippen LogP contribution in [0.2, 0.25) is 0 Å². The third-order valence-electron chi connectivity index (χ3n) is 2.99. The molecule has 0 spiro atoms. The van der Waals surface area contributed by atoms with E-state index >= 15 is 0 Å². The standard InChI is InChI=1S/C16H19NO/c1-12(2)16(18)9-6-14-4-7-15(8-5-14)13(3)10-11-17/h4-5,7-8,10,12H,6,9H2,1-3H3/b13-10+. The number of carbonyl (C=O) groups excluding carboxylic acids is 1. The molecule has 0 saturated heterocycles. The number of hydrogen-bond donors (Lipinski definition) is 0. The largest absolute Gasteiger partial charge is 0.299 e. The average molecular weight is 241 g/mol. The summed E-state index contributed by atoms with van der Waals surface area (Å²) in [6, 6.07) is 10.1. The van der Waals surface area contributed by atoms with Gasteiger partial charge in [0.2, 0.25) is 0 Å². The van der Waals surface area contributed by atoms with Gasteiger partial charge in [-0.3, -0.25) is 4.79 Å². The summed E-state index contributed by atoms with van der Waals surface area (Å²) < 4.78 is 0. The third kappa shape index (κ3) is 4.18. The molecule has 0 fully saturated rings. The molecule has 0 radical (unpaired) electrons. The average Bonchev–Trinajstić information content (AvgIpc) is 2.36. The van der Waals surface area contributed by atoms with Crippen molar-refractivity contribution in [2.75, 3.05) is 0 Å². The van der Waals surface area contributed by atoms with Crippen molar-refractivity contribution in [1.82, 2.24) is 0 Å². The fourth-order valence-corrected chi connectivity index (χ4v) is 1.67. The predicted molar refractivity (Wildman–Crippen MR) is 73.9 cm³/mol. The highest BCUT2D eigenvalue weighted by Crippen LogP contribution is 2.15. The summed E-state index contributed by atoms with van der Waals surface area (Å²) in [6.45, 7) is 5.78. The van der Waals surface area contributed by atoms with E-state index in [0.29, 0.717) is 12.2 Å². The molecule has 1 aromatic carbocycles. The fraction of sp³-hybridized carbons (Fsp3) is 0.375. The Morgan fingerprint density at radius 1 is 1.33 bits per heavy atom. The van der Waals surface area contributed by atoms with Crippen molar-refractivity contribution in [3.63, 3.8) is 0 Å². The van der Waals surface area contributed by atoms with E-state index in [4.69, 9.17) is 5.26 Å². The highest BCUT2D eigenvalue weighted by atomic mass is 16.1. The Kier molecular flexibility index (Phi) is 5.32. The van der Waals surface area contributed by atoms with Gasteiger partial charge >= 0.3 is 0 Å². The van der Waals surface area contributed by atoms with Crippen molar-refractivity contribution in [1.29, 1.82) is 5.26 Å². The number of allylic oxidation sites excluding steroid dienone is 2. The summed E-state index contributed by atoms with van der Waals surface area (Å²) >= 11 is 0. The first kappa shape index (κ1) is 14.2. The second-order valence-electron chi connectivity index (χ2n) is 4.77. The smallest absolute Gasteiger partial charge is 0.135 e. The molecule has 0 heterocycles. The molecule has 0 bridgehead atoms. The normalized spacial score (nSPS) is 11.4. The topological polar surface area (TPSA) is 40.9 Å². The van der Waals surface area contributed by atoms with Gasteiger partial charge in [0.15, 0.2) is 0 Å². The molecule has 0 amide bonds. The first-order chi connectivity index (χ1) is 8.54. The van der Waals surface area contributed by atoms with E-state index in [1.165, 1.54) is 6.08 Å². The van der Waals surface area contributed by atoms with E-state index in [0.717, 1.165) is 23.1 Å². The summed E-state index contributed by atoms with van der Waals surface area (Å²) in [5.41, 5.74) is 3.18. The number of nitrogens with zero attached hydrogens (tertiary/aromatic N) is 1. The molecule has 18 heavy (non-hydrogen) atoms. The lowest BCUT2D eigenvalue weighted by molar-refractivity contribution is -0.121. The molecule has 0 saturated carbocycles. The maximum absolute atomic E-state index is 11.5. The Morgan fingerprint density at radius 3 is 2.44 bits per heavy atom. The van der Waals surface area contributed by atoms with Crippen LogP contribution in [0.4, 0.5) is 0 Å². The van der Waals surface area contributed by atoms with Crippen molar-refractivity contribution in [2.45, 2.75) is 33.6 Å². The van der Waals surface area contributed by atoms with Crippen molar-refractivity contribution in [3.05, 3.63) is 41.5 Å². The molecule has 2 nitrogen and oxygen atoms in total. The van der Waals surface area contributed by atoms with Gasteiger partial charge in [-0.05, 0) is 30.0 Å². The molecule has 0 aliphatic carbocycles. The summed E-state index contributed by atoms with van der Waals surface area (Å²) in [6.07, 6.45) is 2.93. The van der Waals surface area contributed by atoms with E-state index in [1.54, 1.807) is 0 Å². The van der Waals surface area contributed by atoms with Crippen LogP contribution in [0.1, 0.15) is 38.3 Å². The molecule has 2 heteroatoms.